The molecule has 0 saturated heterocycles. The van der Waals surface area contributed by atoms with E-state index < -0.39 is 0 Å². The molecule has 25 heavy (non-hydrogen) atoms. The molecule has 126 valence electrons. The first-order valence-corrected chi connectivity index (χ1v) is 10.7. The summed E-state index contributed by atoms with van der Waals surface area (Å²) in [6.45, 7) is 0. The van der Waals surface area contributed by atoms with Crippen molar-refractivity contribution in [1.82, 2.24) is 19.7 Å². The Hall–Kier alpha value is -1.90. The fourth-order valence-corrected chi connectivity index (χ4v) is 4.88. The van der Waals surface area contributed by atoms with Crippen LogP contribution in [0.15, 0.2) is 50.9 Å². The van der Waals surface area contributed by atoms with Gasteiger partial charge in [0.2, 0.25) is 5.89 Å². The van der Waals surface area contributed by atoms with Crippen LogP contribution in [0.5, 0.6) is 0 Å². The van der Waals surface area contributed by atoms with Gasteiger partial charge in [0.25, 0.3) is 0 Å². The van der Waals surface area contributed by atoms with Gasteiger partial charge >= 0.3 is 0 Å². The van der Waals surface area contributed by atoms with E-state index >= 15 is 0 Å². The number of hydrogen-bond acceptors (Lipinski definition) is 7. The van der Waals surface area contributed by atoms with Crippen LogP contribution in [0.1, 0.15) is 24.6 Å². The van der Waals surface area contributed by atoms with E-state index in [2.05, 4.69) is 37.3 Å². The lowest BCUT2D eigenvalue weighted by atomic mass is 10.4. The quantitative estimate of drug-likeness (QED) is 0.418. The number of thioether (sulfide) groups is 1. The van der Waals surface area contributed by atoms with Gasteiger partial charge in [-0.25, -0.2) is 4.98 Å². The van der Waals surface area contributed by atoms with Crippen molar-refractivity contribution in [3.8, 4) is 21.5 Å². The topological polar surface area (TPSA) is 56.7 Å². The molecule has 1 fully saturated rings. The van der Waals surface area contributed by atoms with Crippen LogP contribution in [0.3, 0.4) is 0 Å². The monoisotopic (exact) mass is 386 g/mol. The molecule has 8 heteroatoms. The third kappa shape index (κ3) is 3.05. The minimum absolute atomic E-state index is 0.536. The maximum absolute atomic E-state index is 5.60. The molecule has 0 bridgehead atoms. The first-order chi connectivity index (χ1) is 12.4. The minimum atomic E-state index is 0.536. The van der Waals surface area contributed by atoms with Gasteiger partial charge in [0.15, 0.2) is 11.0 Å². The molecule has 5 rings (SSSR count). The Balaban J connectivity index is 1.36. The summed E-state index contributed by atoms with van der Waals surface area (Å²) >= 11 is 5.01. The van der Waals surface area contributed by atoms with E-state index in [1.807, 2.05) is 17.5 Å². The summed E-state index contributed by atoms with van der Waals surface area (Å²) in [5, 5.41) is 13.9. The lowest BCUT2D eigenvalue weighted by molar-refractivity contribution is 0.575. The molecule has 0 N–H and O–H groups in total. The van der Waals surface area contributed by atoms with Crippen molar-refractivity contribution in [2.45, 2.75) is 29.8 Å². The summed E-state index contributed by atoms with van der Waals surface area (Å²) in [7, 11) is 0. The third-order valence-corrected chi connectivity index (χ3v) is 6.65. The predicted molar refractivity (Wildman–Crippen MR) is 101 cm³/mol. The first-order valence-electron chi connectivity index (χ1n) is 7.98. The molecular formula is C17H14N4OS3. The van der Waals surface area contributed by atoms with E-state index in [4.69, 9.17) is 4.42 Å². The third-order valence-electron chi connectivity index (χ3n) is 3.95. The number of thiophene rings is 2. The molecule has 4 aromatic rings. The number of hydrogen-bond donors (Lipinski definition) is 0. The van der Waals surface area contributed by atoms with E-state index in [0.717, 1.165) is 27.3 Å². The molecule has 0 unspecified atom stereocenters. The van der Waals surface area contributed by atoms with Gasteiger partial charge in [-0.05, 0) is 35.7 Å². The second-order valence-electron chi connectivity index (χ2n) is 5.79. The number of aromatic nitrogens is 4. The second-order valence-corrected chi connectivity index (χ2v) is 8.63. The van der Waals surface area contributed by atoms with Gasteiger partial charge in [-0.1, -0.05) is 23.9 Å². The van der Waals surface area contributed by atoms with Gasteiger partial charge in [-0.2, -0.15) is 0 Å². The molecule has 5 nitrogen and oxygen atoms in total. The normalized spacial score (nSPS) is 14.2. The standard InChI is InChI=1S/C17H14N4OS3/c1-3-13(23-7-1)15-19-20-17(21(15)12-5-6-12)25-10-11-9-22-16(18-11)14-4-2-8-24-14/h1-4,7-9,12H,5-6,10H2. The average Bonchev–Trinajstić information content (AvgIpc) is 3.16. The molecule has 1 aliphatic carbocycles. The Morgan fingerprint density at radius 1 is 1.12 bits per heavy atom. The summed E-state index contributed by atoms with van der Waals surface area (Å²) in [4.78, 5) is 6.81. The Morgan fingerprint density at radius 2 is 1.92 bits per heavy atom. The lowest BCUT2D eigenvalue weighted by Crippen LogP contribution is -1.99. The summed E-state index contributed by atoms with van der Waals surface area (Å²) in [5.41, 5.74) is 0.927. The number of nitrogens with zero attached hydrogens (tertiary/aromatic N) is 4. The van der Waals surface area contributed by atoms with Crippen molar-refractivity contribution in [2.75, 3.05) is 0 Å². The molecule has 0 amide bonds. The summed E-state index contributed by atoms with van der Waals surface area (Å²) in [5.74, 6) is 2.40. The zero-order valence-corrected chi connectivity index (χ0v) is 15.6. The Kier molecular flexibility index (Phi) is 3.95. The zero-order valence-electron chi connectivity index (χ0n) is 13.2. The Labute approximate surface area is 156 Å². The Bertz CT molecular complexity index is 968. The van der Waals surface area contributed by atoms with Crippen molar-refractivity contribution in [3.05, 3.63) is 47.0 Å². The van der Waals surface area contributed by atoms with Gasteiger partial charge < -0.3 is 4.42 Å². The van der Waals surface area contributed by atoms with Gasteiger partial charge in [0.1, 0.15) is 6.26 Å². The number of oxazole rings is 1. The minimum Gasteiger partial charge on any atom is -0.444 e. The van der Waals surface area contributed by atoms with E-state index in [-0.39, 0.29) is 0 Å². The van der Waals surface area contributed by atoms with Gasteiger partial charge in [-0.15, -0.1) is 32.9 Å². The fourth-order valence-electron chi connectivity index (χ4n) is 2.64. The van der Waals surface area contributed by atoms with Crippen molar-refractivity contribution in [1.29, 1.82) is 0 Å². The highest BCUT2D eigenvalue weighted by molar-refractivity contribution is 7.98. The smallest absolute Gasteiger partial charge is 0.236 e. The maximum atomic E-state index is 5.60. The highest BCUT2D eigenvalue weighted by Gasteiger charge is 2.30. The molecule has 0 radical (unpaired) electrons. The van der Waals surface area contributed by atoms with Crippen LogP contribution in [0.4, 0.5) is 0 Å². The van der Waals surface area contributed by atoms with Crippen LogP contribution in [-0.4, -0.2) is 19.7 Å². The molecule has 0 spiro atoms. The SMILES string of the molecule is c1csc(-c2nc(CSc3nnc(-c4cccs4)n3C3CC3)co2)c1. The van der Waals surface area contributed by atoms with Crippen molar-refractivity contribution >= 4 is 34.4 Å². The molecule has 0 atom stereocenters. The predicted octanol–water partition coefficient (Wildman–Crippen LogP) is 5.35. The largest absolute Gasteiger partial charge is 0.444 e. The average molecular weight is 387 g/mol. The maximum Gasteiger partial charge on any atom is 0.236 e. The van der Waals surface area contributed by atoms with E-state index in [1.165, 1.54) is 17.7 Å². The molecular weight excluding hydrogens is 372 g/mol. The first kappa shape index (κ1) is 15.4. The molecule has 1 saturated carbocycles. The second kappa shape index (κ2) is 6.44. The highest BCUT2D eigenvalue weighted by atomic mass is 32.2. The lowest BCUT2D eigenvalue weighted by Gasteiger charge is -2.06. The molecule has 0 aromatic carbocycles. The van der Waals surface area contributed by atoms with Crippen molar-refractivity contribution in [2.24, 2.45) is 0 Å². The van der Waals surface area contributed by atoms with Crippen LogP contribution in [0.25, 0.3) is 21.5 Å². The van der Waals surface area contributed by atoms with Crippen LogP contribution >= 0.6 is 34.4 Å². The summed E-state index contributed by atoms with van der Waals surface area (Å²) in [6, 6.07) is 8.72. The molecule has 4 heterocycles. The molecule has 1 aliphatic rings. The van der Waals surface area contributed by atoms with Crippen LogP contribution < -0.4 is 0 Å². The fraction of sp³-hybridized carbons (Fsp3) is 0.235. The van der Waals surface area contributed by atoms with Gasteiger partial charge in [0.05, 0.1) is 15.4 Å². The Morgan fingerprint density at radius 3 is 2.64 bits per heavy atom. The highest BCUT2D eigenvalue weighted by Crippen LogP contribution is 2.42. The van der Waals surface area contributed by atoms with E-state index in [9.17, 15) is 0 Å². The van der Waals surface area contributed by atoms with Crippen molar-refractivity contribution in [3.63, 3.8) is 0 Å². The van der Waals surface area contributed by atoms with Gasteiger partial charge in [0, 0.05) is 11.8 Å². The van der Waals surface area contributed by atoms with Crippen LogP contribution in [-0.2, 0) is 5.75 Å². The molecule has 0 aliphatic heterocycles. The summed E-state index contributed by atoms with van der Waals surface area (Å²) in [6.07, 6.45) is 4.15. The number of rotatable bonds is 6. The van der Waals surface area contributed by atoms with E-state index in [0.29, 0.717) is 11.9 Å². The van der Waals surface area contributed by atoms with E-state index in [1.54, 1.807) is 40.7 Å². The molecule has 4 aromatic heterocycles. The zero-order chi connectivity index (χ0) is 16.6. The van der Waals surface area contributed by atoms with Crippen LogP contribution in [0, 0.1) is 0 Å². The van der Waals surface area contributed by atoms with Crippen molar-refractivity contribution < 1.29 is 4.42 Å². The summed E-state index contributed by atoms with van der Waals surface area (Å²) < 4.78 is 7.88. The van der Waals surface area contributed by atoms with Gasteiger partial charge in [-0.3, -0.25) is 4.57 Å². The van der Waals surface area contributed by atoms with Crippen LogP contribution in [0.2, 0.25) is 0 Å².